The van der Waals surface area contributed by atoms with E-state index in [1.807, 2.05) is 18.2 Å². The molecule has 0 unspecified atom stereocenters. The van der Waals surface area contributed by atoms with Gasteiger partial charge in [0.15, 0.2) is 0 Å². The second-order valence-electron chi connectivity index (χ2n) is 6.82. The third-order valence-corrected chi connectivity index (χ3v) is 4.56. The number of carbonyl (C=O) groups is 1. The summed E-state index contributed by atoms with van der Waals surface area (Å²) in [5.74, 6) is 0.167. The van der Waals surface area contributed by atoms with Gasteiger partial charge < -0.3 is 10.1 Å². The molecule has 0 saturated carbocycles. The largest absolute Gasteiger partial charge is 0.376 e. The maximum Gasteiger partial charge on any atom is 0.251 e. The fourth-order valence-electron chi connectivity index (χ4n) is 3.00. The number of nitriles is 1. The van der Waals surface area contributed by atoms with Crippen molar-refractivity contribution >= 4 is 5.91 Å². The van der Waals surface area contributed by atoms with Crippen LogP contribution in [0.5, 0.6) is 0 Å². The van der Waals surface area contributed by atoms with E-state index in [-0.39, 0.29) is 17.9 Å². The lowest BCUT2D eigenvalue weighted by Crippen LogP contribution is -2.31. The maximum absolute atomic E-state index is 12.3. The van der Waals surface area contributed by atoms with Crippen LogP contribution in [0.3, 0.4) is 0 Å². The van der Waals surface area contributed by atoms with Crippen LogP contribution in [-0.4, -0.2) is 30.1 Å². The normalized spacial score (nSPS) is 16.5. The Morgan fingerprint density at radius 1 is 1.31 bits per heavy atom. The molecule has 0 radical (unpaired) electrons. The van der Waals surface area contributed by atoms with Gasteiger partial charge in [-0.25, -0.2) is 0 Å². The molecule has 3 rings (SSSR count). The number of pyridine rings is 1. The minimum absolute atomic E-state index is 0.114. The Morgan fingerprint density at radius 2 is 2.08 bits per heavy atom. The smallest absolute Gasteiger partial charge is 0.251 e. The Labute approximate surface area is 154 Å². The molecule has 1 aliphatic rings. The maximum atomic E-state index is 12.3. The number of nitrogens with zero attached hydrogens (tertiary/aromatic N) is 2. The van der Waals surface area contributed by atoms with Crippen molar-refractivity contribution in [2.24, 2.45) is 0 Å². The molecule has 2 heterocycles. The zero-order valence-corrected chi connectivity index (χ0v) is 15.2. The Hall–Kier alpha value is -2.71. The number of hydrogen-bond donors (Lipinski definition) is 1. The van der Waals surface area contributed by atoms with Crippen molar-refractivity contribution in [3.8, 4) is 17.3 Å². The average Bonchev–Trinajstić information content (AvgIpc) is 3.19. The van der Waals surface area contributed by atoms with Gasteiger partial charge in [-0.15, -0.1) is 0 Å². The van der Waals surface area contributed by atoms with E-state index in [2.05, 4.69) is 30.2 Å². The first kappa shape index (κ1) is 18.1. The quantitative estimate of drug-likeness (QED) is 0.894. The highest BCUT2D eigenvalue weighted by Gasteiger charge is 2.17. The number of benzene rings is 1. The fraction of sp³-hybridized carbons (Fsp3) is 0.381. The average molecular weight is 349 g/mol. The van der Waals surface area contributed by atoms with Gasteiger partial charge in [-0.1, -0.05) is 26.0 Å². The molecule has 5 heteroatoms. The highest BCUT2D eigenvalue weighted by atomic mass is 16.5. The molecule has 1 atom stereocenters. The van der Waals surface area contributed by atoms with Gasteiger partial charge in [-0.2, -0.15) is 5.26 Å². The van der Waals surface area contributed by atoms with Crippen LogP contribution in [-0.2, 0) is 4.74 Å². The fourth-order valence-corrected chi connectivity index (χ4v) is 3.00. The first-order valence-electron chi connectivity index (χ1n) is 8.99. The SMILES string of the molecule is CC(C)c1ccc(C#N)c(-c2ccc(C(=O)NC[C@@H]3CCCO3)cc2)n1. The van der Waals surface area contributed by atoms with Gasteiger partial charge in [-0.05, 0) is 43.0 Å². The topological polar surface area (TPSA) is 75.0 Å². The number of ether oxygens (including phenoxy) is 1. The van der Waals surface area contributed by atoms with E-state index in [1.54, 1.807) is 18.2 Å². The van der Waals surface area contributed by atoms with E-state index in [4.69, 9.17) is 4.74 Å². The Kier molecular flexibility index (Phi) is 5.65. The molecule has 1 aromatic carbocycles. The molecule has 1 amide bonds. The lowest BCUT2D eigenvalue weighted by atomic mass is 10.0. The van der Waals surface area contributed by atoms with Crippen molar-refractivity contribution in [3.05, 3.63) is 53.2 Å². The summed E-state index contributed by atoms with van der Waals surface area (Å²) >= 11 is 0. The first-order chi connectivity index (χ1) is 12.6. The molecule has 1 aromatic heterocycles. The van der Waals surface area contributed by atoms with Crippen molar-refractivity contribution in [2.75, 3.05) is 13.2 Å². The van der Waals surface area contributed by atoms with Gasteiger partial charge in [0.2, 0.25) is 0 Å². The molecule has 2 aromatic rings. The summed E-state index contributed by atoms with van der Waals surface area (Å²) in [5, 5.41) is 12.3. The molecule has 26 heavy (non-hydrogen) atoms. The summed E-state index contributed by atoms with van der Waals surface area (Å²) in [7, 11) is 0. The molecular formula is C21H23N3O2. The molecule has 0 spiro atoms. The van der Waals surface area contributed by atoms with Crippen LogP contribution >= 0.6 is 0 Å². The Balaban J connectivity index is 1.75. The summed E-state index contributed by atoms with van der Waals surface area (Å²) in [5.41, 5.74) is 3.55. The highest BCUT2D eigenvalue weighted by molar-refractivity contribution is 5.94. The molecule has 0 bridgehead atoms. The first-order valence-corrected chi connectivity index (χ1v) is 8.99. The molecule has 5 nitrogen and oxygen atoms in total. The molecule has 1 fully saturated rings. The van der Waals surface area contributed by atoms with Crippen molar-refractivity contribution in [3.63, 3.8) is 0 Å². The number of carbonyl (C=O) groups excluding carboxylic acids is 1. The zero-order chi connectivity index (χ0) is 18.5. The molecule has 1 N–H and O–H groups in total. The van der Waals surface area contributed by atoms with Crippen molar-refractivity contribution in [2.45, 2.75) is 38.7 Å². The van der Waals surface area contributed by atoms with Crippen molar-refractivity contribution < 1.29 is 9.53 Å². The third-order valence-electron chi connectivity index (χ3n) is 4.56. The van der Waals surface area contributed by atoms with Gasteiger partial charge in [-0.3, -0.25) is 9.78 Å². The Bertz CT molecular complexity index is 816. The minimum Gasteiger partial charge on any atom is -0.376 e. The van der Waals surface area contributed by atoms with Crippen LogP contribution in [0.2, 0.25) is 0 Å². The van der Waals surface area contributed by atoms with Crippen LogP contribution in [0, 0.1) is 11.3 Å². The van der Waals surface area contributed by atoms with Crippen LogP contribution in [0.25, 0.3) is 11.3 Å². The van der Waals surface area contributed by atoms with E-state index in [1.165, 1.54) is 0 Å². The van der Waals surface area contributed by atoms with Crippen LogP contribution in [0.4, 0.5) is 0 Å². The second kappa shape index (κ2) is 8.11. The van der Waals surface area contributed by atoms with E-state index in [9.17, 15) is 10.1 Å². The van der Waals surface area contributed by atoms with Crippen molar-refractivity contribution in [1.82, 2.24) is 10.3 Å². The number of aromatic nitrogens is 1. The van der Waals surface area contributed by atoms with E-state index < -0.39 is 0 Å². The van der Waals surface area contributed by atoms with Gasteiger partial charge in [0.1, 0.15) is 6.07 Å². The van der Waals surface area contributed by atoms with Gasteiger partial charge in [0, 0.05) is 30.0 Å². The summed E-state index contributed by atoms with van der Waals surface area (Å²) in [4.78, 5) is 16.9. The molecule has 134 valence electrons. The molecule has 1 saturated heterocycles. The predicted molar refractivity (Wildman–Crippen MR) is 99.8 cm³/mol. The summed E-state index contributed by atoms with van der Waals surface area (Å²) in [6.45, 7) is 5.45. The molecule has 1 aliphatic heterocycles. The summed E-state index contributed by atoms with van der Waals surface area (Å²) in [6, 6.07) is 13.1. The second-order valence-corrected chi connectivity index (χ2v) is 6.82. The Morgan fingerprint density at radius 3 is 2.69 bits per heavy atom. The van der Waals surface area contributed by atoms with E-state index >= 15 is 0 Å². The third kappa shape index (κ3) is 4.09. The zero-order valence-electron chi connectivity index (χ0n) is 15.2. The highest BCUT2D eigenvalue weighted by Crippen LogP contribution is 2.24. The van der Waals surface area contributed by atoms with Crippen molar-refractivity contribution in [1.29, 1.82) is 5.26 Å². The number of nitrogens with one attached hydrogen (secondary N) is 1. The minimum atomic E-state index is -0.114. The lowest BCUT2D eigenvalue weighted by Gasteiger charge is -2.12. The lowest BCUT2D eigenvalue weighted by molar-refractivity contribution is 0.0858. The summed E-state index contributed by atoms with van der Waals surface area (Å²) in [6.07, 6.45) is 2.17. The van der Waals surface area contributed by atoms with Gasteiger partial charge in [0.05, 0.1) is 17.4 Å². The number of amides is 1. The van der Waals surface area contributed by atoms with Crippen LogP contribution in [0.15, 0.2) is 36.4 Å². The van der Waals surface area contributed by atoms with Crippen LogP contribution in [0.1, 0.15) is 54.2 Å². The van der Waals surface area contributed by atoms with E-state index in [0.717, 1.165) is 30.7 Å². The number of hydrogen-bond acceptors (Lipinski definition) is 4. The molecular weight excluding hydrogens is 326 g/mol. The van der Waals surface area contributed by atoms with Gasteiger partial charge in [0.25, 0.3) is 5.91 Å². The standard InChI is InChI=1S/C21H23N3O2/c1-14(2)19-10-9-17(12-22)20(24-19)15-5-7-16(8-6-15)21(25)23-13-18-4-3-11-26-18/h5-10,14,18H,3-4,11,13H2,1-2H3,(H,23,25)/t18-/m0/s1. The molecule has 0 aliphatic carbocycles. The van der Waals surface area contributed by atoms with E-state index in [0.29, 0.717) is 23.4 Å². The monoisotopic (exact) mass is 349 g/mol. The summed E-state index contributed by atoms with van der Waals surface area (Å²) < 4.78 is 5.52. The predicted octanol–water partition coefficient (Wildman–Crippen LogP) is 3.65. The van der Waals surface area contributed by atoms with Gasteiger partial charge >= 0.3 is 0 Å². The van der Waals surface area contributed by atoms with Crippen LogP contribution < -0.4 is 5.32 Å². The number of rotatable bonds is 5.